The summed E-state index contributed by atoms with van der Waals surface area (Å²) >= 11 is 0. The maximum Gasteiger partial charge on any atom is 0.237 e. The van der Waals surface area contributed by atoms with Gasteiger partial charge in [0.1, 0.15) is 5.75 Å². The molecule has 3 aliphatic rings. The third-order valence-electron chi connectivity index (χ3n) is 7.58. The molecule has 0 spiro atoms. The highest BCUT2D eigenvalue weighted by molar-refractivity contribution is 5.79. The normalized spacial score (nSPS) is 24.3. The lowest BCUT2D eigenvalue weighted by molar-refractivity contribution is -0.135. The van der Waals surface area contributed by atoms with Gasteiger partial charge in [-0.3, -0.25) is 4.79 Å². The van der Waals surface area contributed by atoms with E-state index in [9.17, 15) is 9.90 Å². The standard InChI is InChI=1S/C25H38N2O3/c1-30-22-12-8-11-21-20(22)13-16-27(24(21)19-9-4-2-5-10-19)23(28)17-26-18-25(29)14-6-3-7-15-25/h8,11-12,19,24,26,29H,2-7,9-10,13-18H2,1H3. The van der Waals surface area contributed by atoms with Gasteiger partial charge in [0.25, 0.3) is 0 Å². The molecule has 1 aliphatic heterocycles. The Morgan fingerprint density at radius 2 is 1.90 bits per heavy atom. The van der Waals surface area contributed by atoms with Crippen molar-refractivity contribution in [3.63, 3.8) is 0 Å². The zero-order valence-electron chi connectivity index (χ0n) is 18.5. The van der Waals surface area contributed by atoms with E-state index in [1.54, 1.807) is 7.11 Å². The van der Waals surface area contributed by atoms with Gasteiger partial charge in [-0.2, -0.15) is 0 Å². The first-order valence-corrected chi connectivity index (χ1v) is 12.0. The molecule has 30 heavy (non-hydrogen) atoms. The number of fused-ring (bicyclic) bond motifs is 1. The SMILES string of the molecule is COc1cccc2c1CCN(C(=O)CNCC1(O)CCCCC1)C2C1CCCCC1. The molecule has 2 aliphatic carbocycles. The predicted molar refractivity (Wildman–Crippen MR) is 119 cm³/mol. The Hall–Kier alpha value is -1.59. The number of hydrogen-bond acceptors (Lipinski definition) is 4. The zero-order chi connectivity index (χ0) is 21.0. The van der Waals surface area contributed by atoms with Crippen LogP contribution in [0.5, 0.6) is 5.75 Å². The van der Waals surface area contributed by atoms with Gasteiger partial charge < -0.3 is 20.1 Å². The fourth-order valence-electron chi connectivity index (χ4n) is 5.99. The molecule has 0 aromatic heterocycles. The van der Waals surface area contributed by atoms with Gasteiger partial charge in [-0.1, -0.05) is 50.7 Å². The van der Waals surface area contributed by atoms with Crippen LogP contribution in [-0.4, -0.2) is 48.3 Å². The number of carbonyl (C=O) groups excluding carboxylic acids is 1. The molecule has 0 saturated heterocycles. The number of nitrogens with zero attached hydrogens (tertiary/aromatic N) is 1. The van der Waals surface area contributed by atoms with E-state index in [-0.39, 0.29) is 11.9 Å². The molecule has 2 N–H and O–H groups in total. The molecule has 1 amide bonds. The molecule has 4 rings (SSSR count). The largest absolute Gasteiger partial charge is 0.496 e. The Balaban J connectivity index is 1.48. The monoisotopic (exact) mass is 414 g/mol. The molecule has 2 saturated carbocycles. The summed E-state index contributed by atoms with van der Waals surface area (Å²) in [6.45, 7) is 1.58. The van der Waals surface area contributed by atoms with Crippen LogP contribution >= 0.6 is 0 Å². The van der Waals surface area contributed by atoms with Crippen molar-refractivity contribution in [2.45, 2.75) is 82.3 Å². The van der Waals surface area contributed by atoms with Crippen LogP contribution in [-0.2, 0) is 11.2 Å². The first-order chi connectivity index (χ1) is 14.6. The van der Waals surface area contributed by atoms with Crippen LogP contribution in [0.4, 0.5) is 0 Å². The van der Waals surface area contributed by atoms with Gasteiger partial charge in [0.05, 0.1) is 25.3 Å². The fraction of sp³-hybridized carbons (Fsp3) is 0.720. The number of methoxy groups -OCH3 is 1. The van der Waals surface area contributed by atoms with Crippen LogP contribution < -0.4 is 10.1 Å². The molecule has 5 heteroatoms. The highest BCUT2D eigenvalue weighted by atomic mass is 16.5. The summed E-state index contributed by atoms with van der Waals surface area (Å²) in [7, 11) is 1.74. The Morgan fingerprint density at radius 3 is 2.63 bits per heavy atom. The van der Waals surface area contributed by atoms with E-state index < -0.39 is 5.60 Å². The van der Waals surface area contributed by atoms with Crippen molar-refractivity contribution >= 4 is 5.91 Å². The number of carbonyl (C=O) groups is 1. The minimum absolute atomic E-state index is 0.149. The van der Waals surface area contributed by atoms with Gasteiger partial charge in [-0.25, -0.2) is 0 Å². The molecule has 0 radical (unpaired) electrons. The molecule has 5 nitrogen and oxygen atoms in total. The van der Waals surface area contributed by atoms with Crippen molar-refractivity contribution in [1.29, 1.82) is 0 Å². The van der Waals surface area contributed by atoms with E-state index in [0.29, 0.717) is 19.0 Å². The predicted octanol–water partition coefficient (Wildman–Crippen LogP) is 3.99. The van der Waals surface area contributed by atoms with Crippen LogP contribution in [0.2, 0.25) is 0 Å². The van der Waals surface area contributed by atoms with E-state index in [1.165, 1.54) is 49.7 Å². The van der Waals surface area contributed by atoms with Crippen molar-refractivity contribution in [3.05, 3.63) is 29.3 Å². The molecule has 1 unspecified atom stereocenters. The van der Waals surface area contributed by atoms with Gasteiger partial charge >= 0.3 is 0 Å². The number of hydrogen-bond donors (Lipinski definition) is 2. The number of aliphatic hydroxyl groups is 1. The molecule has 2 fully saturated rings. The van der Waals surface area contributed by atoms with Crippen molar-refractivity contribution in [2.24, 2.45) is 5.92 Å². The lowest BCUT2D eigenvalue weighted by Crippen LogP contribution is -2.49. The molecule has 1 heterocycles. The number of benzene rings is 1. The molecular weight excluding hydrogens is 376 g/mol. The van der Waals surface area contributed by atoms with E-state index >= 15 is 0 Å². The number of ether oxygens (including phenoxy) is 1. The average molecular weight is 415 g/mol. The molecule has 166 valence electrons. The van der Waals surface area contributed by atoms with Gasteiger partial charge in [0.15, 0.2) is 0 Å². The highest BCUT2D eigenvalue weighted by Gasteiger charge is 2.38. The maximum atomic E-state index is 13.3. The minimum Gasteiger partial charge on any atom is -0.496 e. The highest BCUT2D eigenvalue weighted by Crippen LogP contribution is 2.44. The third-order valence-corrected chi connectivity index (χ3v) is 7.58. The second kappa shape index (κ2) is 9.69. The average Bonchev–Trinajstić information content (AvgIpc) is 2.78. The molecule has 1 atom stereocenters. The zero-order valence-corrected chi connectivity index (χ0v) is 18.5. The van der Waals surface area contributed by atoms with Crippen molar-refractivity contribution in [2.75, 3.05) is 26.7 Å². The topological polar surface area (TPSA) is 61.8 Å². The summed E-state index contributed by atoms with van der Waals surface area (Å²) in [6.07, 6.45) is 12.1. The van der Waals surface area contributed by atoms with E-state index in [2.05, 4.69) is 22.3 Å². The summed E-state index contributed by atoms with van der Waals surface area (Å²) in [5, 5.41) is 14.0. The van der Waals surface area contributed by atoms with Crippen molar-refractivity contribution in [1.82, 2.24) is 10.2 Å². The maximum absolute atomic E-state index is 13.3. The Bertz CT molecular complexity index is 723. The summed E-state index contributed by atoms with van der Waals surface area (Å²) in [4.78, 5) is 15.4. The first kappa shape index (κ1) is 21.6. The second-order valence-electron chi connectivity index (χ2n) is 9.60. The summed E-state index contributed by atoms with van der Waals surface area (Å²) < 4.78 is 5.64. The van der Waals surface area contributed by atoms with Gasteiger partial charge in [0.2, 0.25) is 5.91 Å². The minimum atomic E-state index is -0.636. The van der Waals surface area contributed by atoms with Gasteiger partial charge in [-0.05, 0) is 49.7 Å². The van der Waals surface area contributed by atoms with Crippen molar-refractivity contribution < 1.29 is 14.6 Å². The Morgan fingerprint density at radius 1 is 1.17 bits per heavy atom. The Kier molecular flexibility index (Phi) is 6.99. The molecular formula is C25H38N2O3. The lowest BCUT2D eigenvalue weighted by atomic mass is 9.77. The molecule has 0 bridgehead atoms. The van der Waals surface area contributed by atoms with Crippen LogP contribution in [0.15, 0.2) is 18.2 Å². The van der Waals surface area contributed by atoms with Gasteiger partial charge in [0, 0.05) is 18.7 Å². The Labute approximate surface area is 181 Å². The van der Waals surface area contributed by atoms with Gasteiger partial charge in [-0.15, -0.1) is 0 Å². The van der Waals surface area contributed by atoms with E-state index in [4.69, 9.17) is 4.74 Å². The third kappa shape index (κ3) is 4.67. The smallest absolute Gasteiger partial charge is 0.237 e. The number of amides is 1. The van der Waals surface area contributed by atoms with Crippen LogP contribution in [0.1, 0.15) is 81.4 Å². The van der Waals surface area contributed by atoms with Crippen LogP contribution in [0.25, 0.3) is 0 Å². The summed E-state index contributed by atoms with van der Waals surface area (Å²) in [6, 6.07) is 6.46. The van der Waals surface area contributed by atoms with Crippen molar-refractivity contribution in [3.8, 4) is 5.75 Å². The van der Waals surface area contributed by atoms with E-state index in [1.807, 2.05) is 6.07 Å². The molecule has 1 aromatic carbocycles. The first-order valence-electron chi connectivity index (χ1n) is 12.0. The quantitative estimate of drug-likeness (QED) is 0.739. The number of nitrogens with one attached hydrogen (secondary N) is 1. The molecule has 1 aromatic rings. The lowest BCUT2D eigenvalue weighted by Gasteiger charge is -2.43. The summed E-state index contributed by atoms with van der Waals surface area (Å²) in [5.74, 6) is 1.65. The fourth-order valence-corrected chi connectivity index (χ4v) is 5.99. The van der Waals surface area contributed by atoms with E-state index in [0.717, 1.165) is 44.4 Å². The summed E-state index contributed by atoms with van der Waals surface area (Å²) in [5.41, 5.74) is 1.93. The number of rotatable bonds is 6. The van der Waals surface area contributed by atoms with Crippen LogP contribution in [0.3, 0.4) is 0 Å². The second-order valence-corrected chi connectivity index (χ2v) is 9.60. The van der Waals surface area contributed by atoms with Crippen LogP contribution in [0, 0.1) is 5.92 Å².